The molecule has 1 atom stereocenters. The largest absolute Gasteiger partial charge is 0.490 e. The summed E-state index contributed by atoms with van der Waals surface area (Å²) in [6, 6.07) is 11.3. The van der Waals surface area contributed by atoms with Crippen LogP contribution in [0.25, 0.3) is 22.8 Å². The van der Waals surface area contributed by atoms with E-state index in [4.69, 9.17) is 14.4 Å². The van der Waals surface area contributed by atoms with E-state index in [1.54, 1.807) is 23.1 Å². The molecule has 1 aromatic heterocycles. The van der Waals surface area contributed by atoms with Gasteiger partial charge in [0.2, 0.25) is 11.7 Å². The van der Waals surface area contributed by atoms with Gasteiger partial charge in [0.25, 0.3) is 5.89 Å². The van der Waals surface area contributed by atoms with Gasteiger partial charge in [0.1, 0.15) is 11.8 Å². The summed E-state index contributed by atoms with van der Waals surface area (Å²) in [6.07, 6.45) is -0.228. The highest BCUT2D eigenvalue weighted by Gasteiger charge is 2.24. The topological polar surface area (TPSA) is 145 Å². The van der Waals surface area contributed by atoms with E-state index in [9.17, 15) is 15.2 Å². The molecule has 0 aliphatic carbocycles. The lowest BCUT2D eigenvalue weighted by Gasteiger charge is -2.30. The fraction of sp³-hybridized carbons (Fsp3) is 0.407. The highest BCUT2D eigenvalue weighted by Crippen LogP contribution is 2.32. The molecule has 10 nitrogen and oxygen atoms in total. The van der Waals surface area contributed by atoms with E-state index >= 15 is 0 Å². The molecule has 0 unspecified atom stereocenters. The number of amides is 1. The number of aromatic nitrogens is 2. The second kappa shape index (κ2) is 12.8. The van der Waals surface area contributed by atoms with Crippen molar-refractivity contribution in [2.24, 2.45) is 0 Å². The molecular weight excluding hydrogens is 510 g/mol. The number of aliphatic hydroxyl groups is 2. The van der Waals surface area contributed by atoms with Crippen LogP contribution in [0.15, 0.2) is 34.9 Å². The average Bonchev–Trinajstić information content (AvgIpc) is 3.38. The number of hydrogen-bond acceptors (Lipinski definition) is 9. The van der Waals surface area contributed by atoms with Crippen molar-refractivity contribution in [2.75, 3.05) is 26.2 Å². The molecule has 0 spiro atoms. The highest BCUT2D eigenvalue weighted by molar-refractivity contribution is 5.85. The molecule has 38 heavy (non-hydrogen) atoms. The molecule has 0 bridgehead atoms. The number of halogens is 1. The van der Waals surface area contributed by atoms with E-state index in [0.29, 0.717) is 48.1 Å². The van der Waals surface area contributed by atoms with Gasteiger partial charge < -0.3 is 29.7 Å². The van der Waals surface area contributed by atoms with Crippen molar-refractivity contribution in [3.05, 3.63) is 52.6 Å². The Bertz CT molecular complexity index is 1320. The summed E-state index contributed by atoms with van der Waals surface area (Å²) in [6.45, 7) is 6.83. The Kier molecular flexibility index (Phi) is 9.83. The smallest absolute Gasteiger partial charge is 0.258 e. The normalized spacial score (nSPS) is 13.4. The Morgan fingerprint density at radius 3 is 2.82 bits per heavy atom. The molecule has 4 rings (SSSR count). The molecule has 3 N–H and O–H groups in total. The van der Waals surface area contributed by atoms with Crippen molar-refractivity contribution in [1.29, 1.82) is 5.26 Å². The minimum atomic E-state index is -0.881. The zero-order valence-electron chi connectivity index (χ0n) is 21.6. The summed E-state index contributed by atoms with van der Waals surface area (Å²) in [5.41, 5.74) is 5.16. The van der Waals surface area contributed by atoms with Gasteiger partial charge >= 0.3 is 0 Å². The molecule has 3 aromatic rings. The number of hydrogen-bond donors (Lipinski definition) is 3. The third-order valence-electron chi connectivity index (χ3n) is 6.28. The summed E-state index contributed by atoms with van der Waals surface area (Å²) in [5.74, 6) is 1.23. The fourth-order valence-electron chi connectivity index (χ4n) is 4.37. The molecule has 11 heteroatoms. The van der Waals surface area contributed by atoms with Crippen LogP contribution in [0.5, 0.6) is 5.75 Å². The van der Waals surface area contributed by atoms with E-state index in [0.717, 1.165) is 16.7 Å². The van der Waals surface area contributed by atoms with Crippen LogP contribution in [-0.2, 0) is 17.8 Å². The van der Waals surface area contributed by atoms with E-state index in [-0.39, 0.29) is 44.1 Å². The van der Waals surface area contributed by atoms with E-state index in [1.807, 2.05) is 32.9 Å². The minimum Gasteiger partial charge on any atom is -0.490 e. The lowest BCUT2D eigenvalue weighted by molar-refractivity contribution is -0.131. The molecule has 0 saturated heterocycles. The predicted molar refractivity (Wildman–Crippen MR) is 143 cm³/mol. The maximum atomic E-state index is 12.6. The highest BCUT2D eigenvalue weighted by atomic mass is 35.5. The molecule has 1 amide bonds. The Morgan fingerprint density at radius 1 is 1.32 bits per heavy atom. The van der Waals surface area contributed by atoms with Crippen molar-refractivity contribution in [2.45, 2.75) is 45.9 Å². The van der Waals surface area contributed by atoms with Gasteiger partial charge in [-0.15, -0.1) is 12.4 Å². The second-order valence-corrected chi connectivity index (χ2v) is 9.32. The SMILES string of the molecule is Cc1c(-c2noc(-c3ccc(OC(C)C)c(C#N)c3)n2)ccc2c1CCN(C(=O)CNC[C@H](O)CO)C2.Cl. The Hall–Kier alpha value is -3.49. The Labute approximate surface area is 227 Å². The molecule has 202 valence electrons. The molecule has 2 heterocycles. The molecule has 0 radical (unpaired) electrons. The number of aliphatic hydroxyl groups excluding tert-OH is 2. The molecule has 2 aromatic carbocycles. The summed E-state index contributed by atoms with van der Waals surface area (Å²) in [4.78, 5) is 18.9. The summed E-state index contributed by atoms with van der Waals surface area (Å²) in [5, 5.41) is 34.9. The van der Waals surface area contributed by atoms with E-state index in [2.05, 4.69) is 21.5 Å². The van der Waals surface area contributed by atoms with Crippen LogP contribution in [0, 0.1) is 18.3 Å². The van der Waals surface area contributed by atoms with Crippen molar-refractivity contribution in [3.63, 3.8) is 0 Å². The van der Waals surface area contributed by atoms with Gasteiger partial charge in [-0.1, -0.05) is 17.3 Å². The number of nitrogens with one attached hydrogen (secondary N) is 1. The number of nitriles is 1. The summed E-state index contributed by atoms with van der Waals surface area (Å²) in [7, 11) is 0. The van der Waals surface area contributed by atoms with Gasteiger partial charge in [0.05, 0.1) is 30.9 Å². The van der Waals surface area contributed by atoms with Crippen molar-refractivity contribution in [1.82, 2.24) is 20.4 Å². The van der Waals surface area contributed by atoms with Crippen LogP contribution in [-0.4, -0.2) is 69.6 Å². The van der Waals surface area contributed by atoms with Crippen LogP contribution in [0.3, 0.4) is 0 Å². The van der Waals surface area contributed by atoms with Crippen LogP contribution >= 0.6 is 12.4 Å². The molecule has 0 fully saturated rings. The fourth-order valence-corrected chi connectivity index (χ4v) is 4.37. The van der Waals surface area contributed by atoms with Crippen LogP contribution in [0.1, 0.15) is 36.1 Å². The zero-order chi connectivity index (χ0) is 26.5. The standard InChI is InChI=1S/C27H31N5O5.ClH/c1-16(2)36-24-7-5-18(10-20(24)11-28)27-30-26(31-37-27)23-6-4-19-14-32(9-8-22(19)17(23)3)25(35)13-29-12-21(34)15-33;/h4-7,10,16,21,29,33-34H,8-9,12-15H2,1-3H3;1H/t21-;/m0./s1. The maximum absolute atomic E-state index is 12.6. The van der Waals surface area contributed by atoms with E-state index in [1.165, 1.54) is 5.56 Å². The van der Waals surface area contributed by atoms with Gasteiger partial charge in [-0.25, -0.2) is 0 Å². The predicted octanol–water partition coefficient (Wildman–Crippen LogP) is 2.62. The Morgan fingerprint density at radius 2 is 2.11 bits per heavy atom. The average molecular weight is 542 g/mol. The van der Waals surface area contributed by atoms with Gasteiger partial charge in [0, 0.05) is 30.8 Å². The number of ether oxygens (including phenoxy) is 1. The number of carbonyl (C=O) groups excluding carboxylic acids is 1. The number of fused-ring (bicyclic) bond motifs is 1. The number of nitrogens with zero attached hydrogens (tertiary/aromatic N) is 4. The van der Waals surface area contributed by atoms with Crippen LogP contribution < -0.4 is 10.1 Å². The quantitative estimate of drug-likeness (QED) is 0.372. The second-order valence-electron chi connectivity index (χ2n) is 9.32. The van der Waals surface area contributed by atoms with Crippen LogP contribution in [0.4, 0.5) is 0 Å². The molecular formula is C27H32ClN5O5. The van der Waals surface area contributed by atoms with Crippen molar-refractivity contribution < 1.29 is 24.3 Å². The zero-order valence-corrected chi connectivity index (χ0v) is 22.4. The van der Waals surface area contributed by atoms with Crippen LogP contribution in [0.2, 0.25) is 0 Å². The first-order chi connectivity index (χ1) is 17.8. The maximum Gasteiger partial charge on any atom is 0.258 e. The minimum absolute atomic E-state index is 0. The van der Waals surface area contributed by atoms with Gasteiger partial charge in [-0.2, -0.15) is 10.2 Å². The first-order valence-electron chi connectivity index (χ1n) is 12.2. The monoisotopic (exact) mass is 541 g/mol. The Balaban J connectivity index is 0.00000400. The van der Waals surface area contributed by atoms with E-state index < -0.39 is 6.10 Å². The lowest BCUT2D eigenvalue weighted by Crippen LogP contribution is -2.43. The van der Waals surface area contributed by atoms with Gasteiger partial charge in [-0.05, 0) is 62.1 Å². The molecule has 0 saturated carbocycles. The number of rotatable bonds is 9. The molecule has 1 aliphatic heterocycles. The first-order valence-corrected chi connectivity index (χ1v) is 12.2. The number of carbonyl (C=O) groups is 1. The summed E-state index contributed by atoms with van der Waals surface area (Å²) < 4.78 is 11.2. The third kappa shape index (κ3) is 6.49. The summed E-state index contributed by atoms with van der Waals surface area (Å²) >= 11 is 0. The first kappa shape index (κ1) is 29.1. The van der Waals surface area contributed by atoms with Crippen molar-refractivity contribution >= 4 is 18.3 Å². The number of benzene rings is 2. The lowest BCUT2D eigenvalue weighted by atomic mass is 9.91. The third-order valence-corrected chi connectivity index (χ3v) is 6.28. The van der Waals surface area contributed by atoms with Gasteiger partial charge in [0.15, 0.2) is 0 Å². The molecule has 1 aliphatic rings. The van der Waals surface area contributed by atoms with Gasteiger partial charge in [-0.3, -0.25) is 4.79 Å². The van der Waals surface area contributed by atoms with Crippen molar-refractivity contribution in [3.8, 4) is 34.7 Å².